The summed E-state index contributed by atoms with van der Waals surface area (Å²) in [5.74, 6) is 0.769. The molecule has 10 heteroatoms. The van der Waals surface area contributed by atoms with E-state index in [9.17, 15) is 9.90 Å². The summed E-state index contributed by atoms with van der Waals surface area (Å²) in [6.07, 6.45) is -1.29. The number of benzene rings is 2. The van der Waals surface area contributed by atoms with Crippen LogP contribution in [-0.2, 0) is 11.3 Å². The Morgan fingerprint density at radius 3 is 2.02 bits per heavy atom. The van der Waals surface area contributed by atoms with E-state index < -0.39 is 12.1 Å². The van der Waals surface area contributed by atoms with Gasteiger partial charge in [-0.25, -0.2) is 9.97 Å². The normalized spacial score (nSPS) is 13.2. The van der Waals surface area contributed by atoms with E-state index in [0.29, 0.717) is 18.3 Å². The molecule has 4 aromatic rings. The number of carboxylic acids is 1. The van der Waals surface area contributed by atoms with Crippen molar-refractivity contribution in [3.63, 3.8) is 0 Å². The highest BCUT2D eigenvalue weighted by Gasteiger charge is 2.19. The van der Waals surface area contributed by atoms with Crippen LogP contribution in [0.25, 0.3) is 33.6 Å². The van der Waals surface area contributed by atoms with Crippen LogP contribution in [0.4, 0.5) is 0 Å². The Balaban J connectivity index is 1.43. The molecule has 0 amide bonds. The van der Waals surface area contributed by atoms with E-state index in [4.69, 9.17) is 24.5 Å². The number of nitrogens with zero attached hydrogens (tertiary/aromatic N) is 3. The maximum absolute atomic E-state index is 10.8. The average Bonchev–Trinajstić information content (AvgIpc) is 3.56. The predicted octanol–water partition coefficient (Wildman–Crippen LogP) is 4.39. The quantitative estimate of drug-likeness (QED) is 0.188. The number of aliphatic carboxylic acids is 1. The zero-order chi connectivity index (χ0) is 31.2. The van der Waals surface area contributed by atoms with Crippen LogP contribution in [0.1, 0.15) is 28.7 Å². The number of carbonyl (C=O) groups is 1. The predicted molar refractivity (Wildman–Crippen MR) is 170 cm³/mol. The number of rotatable bonds is 12. The number of amidine groups is 1. The van der Waals surface area contributed by atoms with Crippen molar-refractivity contribution in [2.24, 2.45) is 4.99 Å². The Hall–Kier alpha value is -4.80. The molecular weight excluding hydrogens is 558 g/mol. The SMILES string of the molecule is COc1nc(-c2cccc(-c3cccc(-c4ccc(C5=NCCN5)c(OC)n4)c3C)c2C)ccc1CNC[C@@H](O)CC(=O)O. The summed E-state index contributed by atoms with van der Waals surface area (Å²) in [6, 6.07) is 20.3. The lowest BCUT2D eigenvalue weighted by Crippen LogP contribution is -2.28. The highest BCUT2D eigenvalue weighted by molar-refractivity contribution is 6.02. The number of ether oxygens (including phenoxy) is 2. The Morgan fingerprint density at radius 1 is 0.864 bits per heavy atom. The fourth-order valence-corrected chi connectivity index (χ4v) is 5.49. The molecule has 0 radical (unpaired) electrons. The zero-order valence-corrected chi connectivity index (χ0v) is 25.3. The largest absolute Gasteiger partial charge is 0.481 e. The molecule has 0 aliphatic carbocycles. The van der Waals surface area contributed by atoms with Crippen molar-refractivity contribution in [2.75, 3.05) is 33.9 Å². The molecule has 0 saturated heterocycles. The third-order valence-corrected chi connectivity index (χ3v) is 7.73. The van der Waals surface area contributed by atoms with E-state index >= 15 is 0 Å². The Bertz CT molecular complexity index is 1700. The Labute approximate surface area is 256 Å². The van der Waals surface area contributed by atoms with Gasteiger partial charge >= 0.3 is 5.97 Å². The number of hydrogen-bond acceptors (Lipinski definition) is 9. The highest BCUT2D eigenvalue weighted by Crippen LogP contribution is 2.37. The van der Waals surface area contributed by atoms with Crippen molar-refractivity contribution in [3.05, 3.63) is 82.9 Å². The van der Waals surface area contributed by atoms with Gasteiger partial charge in [-0.3, -0.25) is 9.79 Å². The molecule has 1 atom stereocenters. The van der Waals surface area contributed by atoms with Crippen molar-refractivity contribution < 1.29 is 24.5 Å². The van der Waals surface area contributed by atoms with Crippen molar-refractivity contribution in [3.8, 4) is 45.4 Å². The van der Waals surface area contributed by atoms with E-state index in [2.05, 4.69) is 47.7 Å². The van der Waals surface area contributed by atoms with E-state index in [0.717, 1.165) is 74.8 Å². The van der Waals surface area contributed by atoms with E-state index in [1.807, 2.05) is 42.5 Å². The Morgan fingerprint density at radius 2 is 1.45 bits per heavy atom. The van der Waals surface area contributed by atoms with Gasteiger partial charge in [-0.1, -0.05) is 42.5 Å². The Kier molecular flexibility index (Phi) is 9.52. The van der Waals surface area contributed by atoms with Gasteiger partial charge in [0, 0.05) is 36.3 Å². The van der Waals surface area contributed by atoms with Crippen LogP contribution < -0.4 is 20.1 Å². The summed E-state index contributed by atoms with van der Waals surface area (Å²) >= 11 is 0. The number of aromatic nitrogens is 2. The summed E-state index contributed by atoms with van der Waals surface area (Å²) in [5, 5.41) is 25.1. The summed E-state index contributed by atoms with van der Waals surface area (Å²) in [6.45, 7) is 6.28. The van der Waals surface area contributed by atoms with Crippen molar-refractivity contribution in [2.45, 2.75) is 32.9 Å². The highest BCUT2D eigenvalue weighted by atomic mass is 16.5. The molecule has 5 rings (SSSR count). The summed E-state index contributed by atoms with van der Waals surface area (Å²) in [4.78, 5) is 25.0. The molecule has 4 N–H and O–H groups in total. The molecule has 1 aliphatic heterocycles. The van der Waals surface area contributed by atoms with Crippen LogP contribution in [0.2, 0.25) is 0 Å². The van der Waals surface area contributed by atoms with Gasteiger partial charge in [0.2, 0.25) is 11.8 Å². The van der Waals surface area contributed by atoms with Crippen molar-refractivity contribution in [1.29, 1.82) is 0 Å². The first-order valence-corrected chi connectivity index (χ1v) is 14.5. The number of aliphatic imine (C=N–C) groups is 1. The van der Waals surface area contributed by atoms with Crippen LogP contribution in [0.15, 0.2) is 65.7 Å². The third kappa shape index (κ3) is 6.56. The van der Waals surface area contributed by atoms with Gasteiger partial charge in [0.15, 0.2) is 0 Å². The molecule has 0 unspecified atom stereocenters. The van der Waals surface area contributed by atoms with Gasteiger partial charge in [-0.2, -0.15) is 0 Å². The van der Waals surface area contributed by atoms with Gasteiger partial charge in [-0.15, -0.1) is 0 Å². The second-order valence-corrected chi connectivity index (χ2v) is 10.6. The second-order valence-electron chi connectivity index (χ2n) is 10.6. The molecular formula is C34H37N5O5. The molecule has 0 bridgehead atoms. The number of carboxylic acid groups (broad SMARTS) is 1. The fourth-order valence-electron chi connectivity index (χ4n) is 5.49. The molecule has 10 nitrogen and oxygen atoms in total. The summed E-state index contributed by atoms with van der Waals surface area (Å²) < 4.78 is 11.2. The number of nitrogens with one attached hydrogen (secondary N) is 2. The molecule has 0 fully saturated rings. The maximum Gasteiger partial charge on any atom is 0.306 e. The third-order valence-electron chi connectivity index (χ3n) is 7.73. The molecule has 2 aromatic carbocycles. The first kappa shape index (κ1) is 30.7. The topological polar surface area (TPSA) is 138 Å². The molecule has 2 aromatic heterocycles. The van der Waals surface area contributed by atoms with E-state index in [-0.39, 0.29) is 13.0 Å². The lowest BCUT2D eigenvalue weighted by molar-refractivity contribution is -0.139. The average molecular weight is 596 g/mol. The molecule has 1 aliphatic rings. The first-order chi connectivity index (χ1) is 21.3. The smallest absolute Gasteiger partial charge is 0.306 e. The van der Waals surface area contributed by atoms with Crippen LogP contribution >= 0.6 is 0 Å². The van der Waals surface area contributed by atoms with E-state index in [1.54, 1.807) is 14.2 Å². The molecule has 0 spiro atoms. The minimum absolute atomic E-state index is 0.149. The molecule has 44 heavy (non-hydrogen) atoms. The number of pyridine rings is 2. The van der Waals surface area contributed by atoms with Gasteiger partial charge in [0.05, 0.1) is 50.2 Å². The minimum Gasteiger partial charge on any atom is -0.481 e. The van der Waals surface area contributed by atoms with E-state index in [1.165, 1.54) is 0 Å². The summed E-state index contributed by atoms with van der Waals surface area (Å²) in [5.41, 5.74) is 9.63. The van der Waals surface area contributed by atoms with Crippen LogP contribution in [-0.4, -0.2) is 71.9 Å². The lowest BCUT2D eigenvalue weighted by Gasteiger charge is -2.17. The molecule has 3 heterocycles. The van der Waals surface area contributed by atoms with Crippen molar-refractivity contribution >= 4 is 11.8 Å². The van der Waals surface area contributed by atoms with Crippen LogP contribution in [0.3, 0.4) is 0 Å². The maximum atomic E-state index is 10.8. The number of hydrogen-bond donors (Lipinski definition) is 4. The zero-order valence-electron chi connectivity index (χ0n) is 25.3. The monoisotopic (exact) mass is 595 g/mol. The number of aliphatic hydroxyl groups is 1. The van der Waals surface area contributed by atoms with Crippen LogP contribution in [0, 0.1) is 13.8 Å². The van der Waals surface area contributed by atoms with Gasteiger partial charge in [0.25, 0.3) is 0 Å². The van der Waals surface area contributed by atoms with Crippen molar-refractivity contribution in [1.82, 2.24) is 20.6 Å². The summed E-state index contributed by atoms with van der Waals surface area (Å²) in [7, 11) is 3.20. The minimum atomic E-state index is -1.04. The van der Waals surface area contributed by atoms with Gasteiger partial charge < -0.3 is 30.3 Å². The molecule has 228 valence electrons. The number of methoxy groups -OCH3 is 2. The standard InChI is InChI=1S/C34H37N5O5/c1-20-24(7-5-9-26(20)29-13-11-22(33(38-29)43-3)18-35-19-23(40)17-31(41)42)25-8-6-10-27(21(25)2)30-14-12-28(34(39-30)44-4)32-36-15-16-37-32/h5-14,23,35,40H,15-19H2,1-4H3,(H,36,37)(H,41,42)/t23-/m0/s1. The fraction of sp³-hybridized carbons (Fsp3) is 0.294. The lowest BCUT2D eigenvalue weighted by atomic mass is 9.89. The van der Waals surface area contributed by atoms with Gasteiger partial charge in [0.1, 0.15) is 5.84 Å². The van der Waals surface area contributed by atoms with Gasteiger partial charge in [-0.05, 0) is 54.3 Å². The first-order valence-electron chi connectivity index (χ1n) is 14.5. The second kappa shape index (κ2) is 13.7. The molecule has 0 saturated carbocycles. The number of aliphatic hydroxyl groups excluding tert-OH is 1. The van der Waals surface area contributed by atoms with Crippen LogP contribution in [0.5, 0.6) is 11.8 Å².